The molecule has 0 bridgehead atoms. The second-order valence-corrected chi connectivity index (χ2v) is 5.71. The van der Waals surface area contributed by atoms with Gasteiger partial charge in [0.2, 0.25) is 0 Å². The Morgan fingerprint density at radius 1 is 1.20 bits per heavy atom. The Balaban J connectivity index is 2.38. The highest BCUT2D eigenvalue weighted by Gasteiger charge is 2.18. The van der Waals surface area contributed by atoms with Crippen LogP contribution in [0, 0.1) is 27.7 Å². The molecule has 0 aliphatic rings. The van der Waals surface area contributed by atoms with Crippen molar-refractivity contribution in [2.45, 2.75) is 34.1 Å². The van der Waals surface area contributed by atoms with Crippen LogP contribution in [0.2, 0.25) is 5.15 Å². The van der Waals surface area contributed by atoms with Crippen LogP contribution in [0.3, 0.4) is 0 Å². The van der Waals surface area contributed by atoms with E-state index in [0.29, 0.717) is 11.6 Å². The monoisotopic (exact) mass is 290 g/mol. The number of carbonyl (C=O) groups is 1. The fraction of sp³-hybridized carbons (Fsp3) is 0.375. The van der Waals surface area contributed by atoms with Gasteiger partial charge in [-0.25, -0.2) is 0 Å². The maximum Gasteiger partial charge on any atom is 0.167 e. The number of rotatable bonds is 3. The van der Waals surface area contributed by atoms with E-state index >= 15 is 0 Å². The molecule has 2 rings (SSSR count). The average molecular weight is 291 g/mol. The minimum Gasteiger partial charge on any atom is -0.294 e. The summed E-state index contributed by atoms with van der Waals surface area (Å²) in [5, 5.41) is 4.79. The zero-order valence-electron chi connectivity index (χ0n) is 12.5. The number of hydrogen-bond acceptors (Lipinski definition) is 2. The molecule has 106 valence electrons. The molecular formula is C16H19ClN2O. The van der Waals surface area contributed by atoms with Crippen molar-refractivity contribution in [2.75, 3.05) is 0 Å². The van der Waals surface area contributed by atoms with E-state index in [0.717, 1.165) is 27.9 Å². The van der Waals surface area contributed by atoms with E-state index in [1.165, 1.54) is 5.56 Å². The predicted molar refractivity (Wildman–Crippen MR) is 81.6 cm³/mol. The van der Waals surface area contributed by atoms with Crippen molar-refractivity contribution in [3.05, 3.63) is 50.8 Å². The fourth-order valence-corrected chi connectivity index (χ4v) is 2.98. The number of halogens is 1. The molecule has 1 aromatic heterocycles. The summed E-state index contributed by atoms with van der Waals surface area (Å²) in [5.41, 5.74) is 5.64. The third kappa shape index (κ3) is 2.63. The smallest absolute Gasteiger partial charge is 0.167 e. The van der Waals surface area contributed by atoms with Crippen molar-refractivity contribution in [1.82, 2.24) is 9.78 Å². The summed E-state index contributed by atoms with van der Waals surface area (Å²) in [6.45, 7) is 7.87. The molecule has 0 amide bonds. The van der Waals surface area contributed by atoms with E-state index in [2.05, 4.69) is 5.10 Å². The molecule has 4 heteroatoms. The van der Waals surface area contributed by atoms with Crippen LogP contribution in [0.25, 0.3) is 0 Å². The van der Waals surface area contributed by atoms with E-state index in [-0.39, 0.29) is 5.78 Å². The summed E-state index contributed by atoms with van der Waals surface area (Å²) in [4.78, 5) is 12.6. The molecule has 2 aromatic rings. The van der Waals surface area contributed by atoms with Gasteiger partial charge in [0.15, 0.2) is 5.78 Å². The minimum absolute atomic E-state index is 0.0954. The van der Waals surface area contributed by atoms with Gasteiger partial charge in [0.25, 0.3) is 0 Å². The molecule has 0 fully saturated rings. The van der Waals surface area contributed by atoms with E-state index < -0.39 is 0 Å². The first-order valence-corrected chi connectivity index (χ1v) is 6.98. The van der Waals surface area contributed by atoms with Gasteiger partial charge < -0.3 is 0 Å². The SMILES string of the molecule is Cc1cc(C)c(C(=O)Cc2c(C)nn(C)c2Cl)c(C)c1. The van der Waals surface area contributed by atoms with Crippen molar-refractivity contribution in [2.24, 2.45) is 7.05 Å². The van der Waals surface area contributed by atoms with Crippen LogP contribution in [0.4, 0.5) is 0 Å². The lowest BCUT2D eigenvalue weighted by Crippen LogP contribution is -2.09. The van der Waals surface area contributed by atoms with Gasteiger partial charge in [0.1, 0.15) is 5.15 Å². The number of nitrogens with zero attached hydrogens (tertiary/aromatic N) is 2. The summed E-state index contributed by atoms with van der Waals surface area (Å²) in [7, 11) is 1.78. The standard InChI is InChI=1S/C16H19ClN2O/c1-9-6-10(2)15(11(3)7-9)14(20)8-13-12(4)18-19(5)16(13)17/h6-7H,8H2,1-5H3. The third-order valence-corrected chi connectivity index (χ3v) is 4.04. The zero-order valence-corrected chi connectivity index (χ0v) is 13.3. The molecule has 0 aliphatic carbocycles. The number of aromatic nitrogens is 2. The van der Waals surface area contributed by atoms with Gasteiger partial charge in [0, 0.05) is 24.6 Å². The van der Waals surface area contributed by atoms with Crippen molar-refractivity contribution >= 4 is 17.4 Å². The molecule has 1 heterocycles. The Morgan fingerprint density at radius 3 is 2.20 bits per heavy atom. The van der Waals surface area contributed by atoms with E-state index in [1.54, 1.807) is 11.7 Å². The van der Waals surface area contributed by atoms with Crippen molar-refractivity contribution < 1.29 is 4.79 Å². The molecule has 0 saturated carbocycles. The molecule has 0 atom stereocenters. The normalized spacial score (nSPS) is 10.9. The summed E-state index contributed by atoms with van der Waals surface area (Å²) in [6.07, 6.45) is 0.295. The van der Waals surface area contributed by atoms with Gasteiger partial charge in [-0.15, -0.1) is 0 Å². The third-order valence-electron chi connectivity index (χ3n) is 3.56. The van der Waals surface area contributed by atoms with E-state index in [9.17, 15) is 4.79 Å². The van der Waals surface area contributed by atoms with Crippen LogP contribution < -0.4 is 0 Å². The number of Topliss-reactive ketones (excluding diaryl/α,β-unsaturated/α-hetero) is 1. The molecule has 20 heavy (non-hydrogen) atoms. The number of hydrogen-bond donors (Lipinski definition) is 0. The molecule has 0 N–H and O–H groups in total. The van der Waals surface area contributed by atoms with Gasteiger partial charge in [-0.3, -0.25) is 9.48 Å². The first kappa shape index (κ1) is 14.8. The fourth-order valence-electron chi connectivity index (χ4n) is 2.74. The van der Waals surface area contributed by atoms with Crippen LogP contribution in [0.1, 0.15) is 38.3 Å². The Hall–Kier alpha value is -1.61. The Kier molecular flexibility index (Phi) is 4.00. The lowest BCUT2D eigenvalue weighted by molar-refractivity contribution is 0.0991. The van der Waals surface area contributed by atoms with Crippen LogP contribution in [-0.4, -0.2) is 15.6 Å². The van der Waals surface area contributed by atoms with Gasteiger partial charge in [-0.05, 0) is 38.8 Å². The molecule has 0 radical (unpaired) electrons. The summed E-state index contributed by atoms with van der Waals surface area (Å²) in [6, 6.07) is 4.08. The molecule has 0 spiro atoms. The maximum absolute atomic E-state index is 12.6. The molecule has 0 saturated heterocycles. The highest BCUT2D eigenvalue weighted by Crippen LogP contribution is 2.23. The second-order valence-electron chi connectivity index (χ2n) is 5.35. The first-order valence-electron chi connectivity index (χ1n) is 6.60. The zero-order chi connectivity index (χ0) is 15.0. The van der Waals surface area contributed by atoms with E-state index in [4.69, 9.17) is 11.6 Å². The Bertz CT molecular complexity index is 663. The van der Waals surface area contributed by atoms with Crippen LogP contribution in [-0.2, 0) is 13.5 Å². The molecule has 0 aliphatic heterocycles. The number of aryl methyl sites for hydroxylation is 5. The molecule has 1 aromatic carbocycles. The lowest BCUT2D eigenvalue weighted by Gasteiger charge is -2.10. The second kappa shape index (κ2) is 5.41. The maximum atomic E-state index is 12.6. The predicted octanol–water partition coefficient (Wildman–Crippen LogP) is 3.73. The average Bonchev–Trinajstić information content (AvgIpc) is 2.54. The first-order chi connectivity index (χ1) is 9.31. The molecule has 0 unspecified atom stereocenters. The van der Waals surface area contributed by atoms with Gasteiger partial charge in [-0.2, -0.15) is 5.10 Å². The van der Waals surface area contributed by atoms with Gasteiger partial charge >= 0.3 is 0 Å². The van der Waals surface area contributed by atoms with Crippen molar-refractivity contribution in [3.8, 4) is 0 Å². The largest absolute Gasteiger partial charge is 0.294 e. The Labute approximate surface area is 124 Å². The highest BCUT2D eigenvalue weighted by molar-refractivity contribution is 6.30. The topological polar surface area (TPSA) is 34.9 Å². The number of carbonyl (C=O) groups excluding carboxylic acids is 1. The van der Waals surface area contributed by atoms with Gasteiger partial charge in [-0.1, -0.05) is 29.3 Å². The summed E-state index contributed by atoms with van der Waals surface area (Å²) >= 11 is 6.20. The highest BCUT2D eigenvalue weighted by atomic mass is 35.5. The lowest BCUT2D eigenvalue weighted by atomic mass is 9.93. The number of benzene rings is 1. The summed E-state index contributed by atoms with van der Waals surface area (Å²) < 4.78 is 1.61. The summed E-state index contributed by atoms with van der Waals surface area (Å²) in [5.74, 6) is 0.0954. The minimum atomic E-state index is 0.0954. The van der Waals surface area contributed by atoms with E-state index in [1.807, 2.05) is 39.8 Å². The Morgan fingerprint density at radius 2 is 1.75 bits per heavy atom. The van der Waals surface area contributed by atoms with Crippen molar-refractivity contribution in [3.63, 3.8) is 0 Å². The molecule has 3 nitrogen and oxygen atoms in total. The molecular weight excluding hydrogens is 272 g/mol. The van der Waals surface area contributed by atoms with Crippen LogP contribution >= 0.6 is 11.6 Å². The number of ketones is 1. The van der Waals surface area contributed by atoms with Gasteiger partial charge in [0.05, 0.1) is 5.69 Å². The van der Waals surface area contributed by atoms with Crippen molar-refractivity contribution in [1.29, 1.82) is 0 Å². The van der Waals surface area contributed by atoms with Crippen LogP contribution in [0.5, 0.6) is 0 Å². The van der Waals surface area contributed by atoms with Crippen LogP contribution in [0.15, 0.2) is 12.1 Å². The quantitative estimate of drug-likeness (QED) is 0.807.